The Bertz CT molecular complexity index is 495. The highest BCUT2D eigenvalue weighted by atomic mass is 32.1. The lowest BCUT2D eigenvalue weighted by atomic mass is 9.90. The molecule has 0 atom stereocenters. The summed E-state index contributed by atoms with van der Waals surface area (Å²) in [6.45, 7) is 5.26. The van der Waals surface area contributed by atoms with E-state index in [1.807, 2.05) is 11.4 Å². The Labute approximate surface area is 105 Å². The second kappa shape index (κ2) is 4.98. The van der Waals surface area contributed by atoms with Gasteiger partial charge in [0.05, 0.1) is 5.39 Å². The van der Waals surface area contributed by atoms with E-state index in [0.717, 1.165) is 29.0 Å². The van der Waals surface area contributed by atoms with Crippen molar-refractivity contribution in [2.75, 3.05) is 18.5 Å². The summed E-state index contributed by atoms with van der Waals surface area (Å²) in [6.07, 6.45) is 2.36. The van der Waals surface area contributed by atoms with Crippen LogP contribution in [-0.4, -0.2) is 28.2 Å². The fourth-order valence-corrected chi connectivity index (χ4v) is 2.38. The summed E-state index contributed by atoms with van der Waals surface area (Å²) in [5.74, 6) is 0.877. The third-order valence-corrected chi connectivity index (χ3v) is 3.61. The molecular weight excluding hydrogens is 234 g/mol. The van der Waals surface area contributed by atoms with Crippen LogP contribution in [0.15, 0.2) is 17.8 Å². The average molecular weight is 251 g/mol. The van der Waals surface area contributed by atoms with Gasteiger partial charge in [-0.05, 0) is 23.3 Å². The molecule has 2 rings (SSSR count). The SMILES string of the molecule is CC(C)(CCO)CNc1ncnc2sccc12. The molecule has 0 saturated heterocycles. The Balaban J connectivity index is 2.11. The highest BCUT2D eigenvalue weighted by Gasteiger charge is 2.17. The summed E-state index contributed by atoms with van der Waals surface area (Å²) < 4.78 is 0. The predicted molar refractivity (Wildman–Crippen MR) is 71.4 cm³/mol. The van der Waals surface area contributed by atoms with Crippen LogP contribution in [0.25, 0.3) is 10.2 Å². The van der Waals surface area contributed by atoms with Crippen molar-refractivity contribution in [2.45, 2.75) is 20.3 Å². The number of nitrogens with zero attached hydrogens (tertiary/aromatic N) is 2. The number of aliphatic hydroxyl groups is 1. The summed E-state index contributed by atoms with van der Waals surface area (Å²) in [4.78, 5) is 9.48. The number of fused-ring (bicyclic) bond motifs is 1. The number of rotatable bonds is 5. The van der Waals surface area contributed by atoms with Crippen LogP contribution in [0.1, 0.15) is 20.3 Å². The number of aromatic nitrogens is 2. The van der Waals surface area contributed by atoms with E-state index < -0.39 is 0 Å². The Hall–Kier alpha value is -1.20. The monoisotopic (exact) mass is 251 g/mol. The lowest BCUT2D eigenvalue weighted by Crippen LogP contribution is -2.24. The lowest BCUT2D eigenvalue weighted by molar-refractivity contribution is 0.220. The van der Waals surface area contributed by atoms with E-state index in [2.05, 4.69) is 29.1 Å². The van der Waals surface area contributed by atoms with Gasteiger partial charge in [0.1, 0.15) is 17.0 Å². The molecule has 17 heavy (non-hydrogen) atoms. The van der Waals surface area contributed by atoms with Crippen molar-refractivity contribution in [3.05, 3.63) is 17.8 Å². The first-order valence-electron chi connectivity index (χ1n) is 5.65. The number of hydrogen-bond acceptors (Lipinski definition) is 5. The highest BCUT2D eigenvalue weighted by molar-refractivity contribution is 7.16. The van der Waals surface area contributed by atoms with E-state index in [1.54, 1.807) is 17.7 Å². The summed E-state index contributed by atoms with van der Waals surface area (Å²) in [5, 5.41) is 15.4. The Kier molecular flexibility index (Phi) is 3.59. The molecule has 0 aliphatic heterocycles. The second-order valence-corrected chi connectivity index (χ2v) is 5.75. The van der Waals surface area contributed by atoms with Crippen LogP contribution in [-0.2, 0) is 0 Å². The number of anilines is 1. The molecule has 5 heteroatoms. The first-order chi connectivity index (χ1) is 8.12. The maximum absolute atomic E-state index is 8.99. The summed E-state index contributed by atoms with van der Waals surface area (Å²) >= 11 is 1.61. The van der Waals surface area contributed by atoms with E-state index in [-0.39, 0.29) is 12.0 Å². The molecule has 0 bridgehead atoms. The Morgan fingerprint density at radius 3 is 3.00 bits per heavy atom. The van der Waals surface area contributed by atoms with Crippen molar-refractivity contribution in [2.24, 2.45) is 5.41 Å². The zero-order chi connectivity index (χ0) is 12.3. The van der Waals surface area contributed by atoms with Crippen LogP contribution in [0.2, 0.25) is 0 Å². The fourth-order valence-electron chi connectivity index (χ4n) is 1.64. The van der Waals surface area contributed by atoms with E-state index in [1.165, 1.54) is 0 Å². The van der Waals surface area contributed by atoms with E-state index in [4.69, 9.17) is 5.11 Å². The van der Waals surface area contributed by atoms with Gasteiger partial charge in [-0.2, -0.15) is 0 Å². The van der Waals surface area contributed by atoms with Crippen molar-refractivity contribution >= 4 is 27.4 Å². The van der Waals surface area contributed by atoms with Crippen LogP contribution in [0.3, 0.4) is 0 Å². The van der Waals surface area contributed by atoms with Crippen LogP contribution < -0.4 is 5.32 Å². The van der Waals surface area contributed by atoms with Crippen LogP contribution in [0, 0.1) is 5.41 Å². The first-order valence-corrected chi connectivity index (χ1v) is 6.53. The van der Waals surface area contributed by atoms with Crippen LogP contribution in [0.4, 0.5) is 5.82 Å². The number of thiophene rings is 1. The third-order valence-electron chi connectivity index (χ3n) is 2.78. The summed E-state index contributed by atoms with van der Waals surface area (Å²) in [6, 6.07) is 2.03. The van der Waals surface area contributed by atoms with Crippen LogP contribution >= 0.6 is 11.3 Å². The molecule has 2 N–H and O–H groups in total. The van der Waals surface area contributed by atoms with Gasteiger partial charge in [0.2, 0.25) is 0 Å². The largest absolute Gasteiger partial charge is 0.396 e. The van der Waals surface area contributed by atoms with Crippen molar-refractivity contribution in [3.8, 4) is 0 Å². The first kappa shape index (κ1) is 12.3. The molecule has 0 aliphatic rings. The van der Waals surface area contributed by atoms with Crippen molar-refractivity contribution in [3.63, 3.8) is 0 Å². The molecule has 0 aromatic carbocycles. The number of aliphatic hydroxyl groups excluding tert-OH is 1. The minimum Gasteiger partial charge on any atom is -0.396 e. The van der Waals surface area contributed by atoms with E-state index in [9.17, 15) is 0 Å². The molecule has 2 aromatic rings. The molecule has 0 aliphatic carbocycles. The molecule has 0 amide bonds. The van der Waals surface area contributed by atoms with Crippen molar-refractivity contribution in [1.82, 2.24) is 9.97 Å². The van der Waals surface area contributed by atoms with Crippen LogP contribution in [0.5, 0.6) is 0 Å². The van der Waals surface area contributed by atoms with Gasteiger partial charge >= 0.3 is 0 Å². The summed E-state index contributed by atoms with van der Waals surface area (Å²) in [7, 11) is 0. The standard InChI is InChI=1S/C12H17N3OS/c1-12(2,4-5-16)7-13-10-9-3-6-17-11(9)15-8-14-10/h3,6,8,16H,4-5,7H2,1-2H3,(H,13,14,15). The molecule has 0 radical (unpaired) electrons. The zero-order valence-electron chi connectivity index (χ0n) is 10.1. The molecule has 0 unspecified atom stereocenters. The molecule has 4 nitrogen and oxygen atoms in total. The normalized spacial score (nSPS) is 11.9. The van der Waals surface area contributed by atoms with E-state index >= 15 is 0 Å². The molecule has 2 aromatic heterocycles. The zero-order valence-corrected chi connectivity index (χ0v) is 10.9. The Morgan fingerprint density at radius 1 is 1.41 bits per heavy atom. The second-order valence-electron chi connectivity index (χ2n) is 4.85. The van der Waals surface area contributed by atoms with Gasteiger partial charge in [-0.1, -0.05) is 13.8 Å². The quantitative estimate of drug-likeness (QED) is 0.857. The Morgan fingerprint density at radius 2 is 2.24 bits per heavy atom. The minimum absolute atomic E-state index is 0.0576. The minimum atomic E-state index is 0.0576. The van der Waals surface area contributed by atoms with E-state index in [0.29, 0.717) is 0 Å². The lowest BCUT2D eigenvalue weighted by Gasteiger charge is -2.24. The van der Waals surface area contributed by atoms with Gasteiger partial charge in [-0.3, -0.25) is 0 Å². The maximum atomic E-state index is 8.99. The molecule has 0 spiro atoms. The smallest absolute Gasteiger partial charge is 0.138 e. The fraction of sp³-hybridized carbons (Fsp3) is 0.500. The van der Waals surface area contributed by atoms with Gasteiger partial charge in [0.15, 0.2) is 0 Å². The molecule has 0 fully saturated rings. The third kappa shape index (κ3) is 2.92. The molecular formula is C12H17N3OS. The summed E-state index contributed by atoms with van der Waals surface area (Å²) in [5.41, 5.74) is 0.0576. The average Bonchev–Trinajstić information content (AvgIpc) is 2.74. The molecule has 0 saturated carbocycles. The van der Waals surface area contributed by atoms with Crippen molar-refractivity contribution < 1.29 is 5.11 Å². The number of hydrogen-bond donors (Lipinski definition) is 2. The van der Waals surface area contributed by atoms with Gasteiger partial charge < -0.3 is 10.4 Å². The topological polar surface area (TPSA) is 58.0 Å². The van der Waals surface area contributed by atoms with Gasteiger partial charge in [0, 0.05) is 13.2 Å². The van der Waals surface area contributed by atoms with Gasteiger partial charge in [-0.25, -0.2) is 9.97 Å². The molecule has 92 valence electrons. The van der Waals surface area contributed by atoms with Gasteiger partial charge in [0.25, 0.3) is 0 Å². The maximum Gasteiger partial charge on any atom is 0.138 e. The molecule has 2 heterocycles. The van der Waals surface area contributed by atoms with Crippen molar-refractivity contribution in [1.29, 1.82) is 0 Å². The highest BCUT2D eigenvalue weighted by Crippen LogP contribution is 2.26. The predicted octanol–water partition coefficient (Wildman–Crippen LogP) is 2.51. The van der Waals surface area contributed by atoms with Gasteiger partial charge in [-0.15, -0.1) is 11.3 Å². The number of nitrogens with one attached hydrogen (secondary N) is 1.